The van der Waals surface area contributed by atoms with E-state index in [4.69, 9.17) is 0 Å². The summed E-state index contributed by atoms with van der Waals surface area (Å²) in [7, 11) is 0. The summed E-state index contributed by atoms with van der Waals surface area (Å²) in [5.74, 6) is 1.90. The van der Waals surface area contributed by atoms with Gasteiger partial charge >= 0.3 is 0 Å². The molecule has 18 heavy (non-hydrogen) atoms. The molecule has 0 radical (unpaired) electrons. The number of nitrogens with one attached hydrogen (secondary N) is 1. The Morgan fingerprint density at radius 3 is 2.83 bits per heavy atom. The Morgan fingerprint density at radius 1 is 1.28 bits per heavy atom. The molecule has 0 spiro atoms. The molecule has 0 saturated heterocycles. The number of hydrogen-bond acceptors (Lipinski definition) is 2. The molecule has 2 unspecified atom stereocenters. The van der Waals surface area contributed by atoms with Gasteiger partial charge in [0.15, 0.2) is 0 Å². The average Bonchev–Trinajstić information content (AvgIpc) is 2.91. The second-order valence-corrected chi connectivity index (χ2v) is 6.66. The number of thiophene rings is 1. The molecule has 1 saturated carbocycles. The van der Waals surface area contributed by atoms with E-state index in [1.54, 1.807) is 4.88 Å². The summed E-state index contributed by atoms with van der Waals surface area (Å²) in [6, 6.07) is 4.47. The van der Waals surface area contributed by atoms with Crippen molar-refractivity contribution in [3.63, 3.8) is 0 Å². The molecule has 102 valence electrons. The van der Waals surface area contributed by atoms with E-state index < -0.39 is 0 Å². The van der Waals surface area contributed by atoms with Gasteiger partial charge in [0.05, 0.1) is 0 Å². The maximum atomic E-state index is 3.63. The molecule has 1 fully saturated rings. The second kappa shape index (κ2) is 7.96. The van der Waals surface area contributed by atoms with E-state index in [9.17, 15) is 0 Å². The molecule has 0 aliphatic heterocycles. The highest BCUT2D eigenvalue weighted by Crippen LogP contribution is 2.33. The van der Waals surface area contributed by atoms with Gasteiger partial charge in [-0.2, -0.15) is 0 Å². The monoisotopic (exact) mass is 265 g/mol. The fourth-order valence-corrected chi connectivity index (χ4v) is 3.90. The third-order valence-corrected chi connectivity index (χ3v) is 5.18. The van der Waals surface area contributed by atoms with Crippen LogP contribution in [0.5, 0.6) is 0 Å². The Labute approximate surface area is 116 Å². The van der Waals surface area contributed by atoms with Crippen molar-refractivity contribution >= 4 is 11.3 Å². The van der Waals surface area contributed by atoms with Gasteiger partial charge in [-0.1, -0.05) is 32.3 Å². The van der Waals surface area contributed by atoms with Crippen LogP contribution in [0.2, 0.25) is 0 Å². The Hall–Kier alpha value is -0.340. The Balaban J connectivity index is 1.76. The van der Waals surface area contributed by atoms with Crippen LogP contribution in [0.1, 0.15) is 50.3 Å². The summed E-state index contributed by atoms with van der Waals surface area (Å²) >= 11 is 1.92. The molecule has 0 aromatic carbocycles. The number of hydrogen-bond donors (Lipinski definition) is 1. The first-order chi connectivity index (χ1) is 8.90. The van der Waals surface area contributed by atoms with Gasteiger partial charge in [-0.3, -0.25) is 0 Å². The maximum absolute atomic E-state index is 3.63. The van der Waals surface area contributed by atoms with Gasteiger partial charge in [-0.15, -0.1) is 11.3 Å². The lowest BCUT2D eigenvalue weighted by Gasteiger charge is -2.31. The maximum Gasteiger partial charge on any atom is 0.00453 e. The molecule has 0 bridgehead atoms. The van der Waals surface area contributed by atoms with E-state index in [0.717, 1.165) is 11.8 Å². The fraction of sp³-hybridized carbons (Fsp3) is 0.750. The Morgan fingerprint density at radius 2 is 2.11 bits per heavy atom. The highest BCUT2D eigenvalue weighted by molar-refractivity contribution is 7.09. The molecule has 2 rings (SSSR count). The van der Waals surface area contributed by atoms with Crippen molar-refractivity contribution in [1.29, 1.82) is 0 Å². The van der Waals surface area contributed by atoms with Crippen LogP contribution in [0.15, 0.2) is 17.5 Å². The van der Waals surface area contributed by atoms with Crippen LogP contribution in [-0.4, -0.2) is 13.1 Å². The van der Waals surface area contributed by atoms with Crippen LogP contribution >= 0.6 is 11.3 Å². The zero-order valence-corrected chi connectivity index (χ0v) is 12.5. The summed E-state index contributed by atoms with van der Waals surface area (Å²) in [5.41, 5.74) is 0. The number of rotatable bonds is 7. The molecule has 1 aromatic heterocycles. The first-order valence-corrected chi connectivity index (χ1v) is 8.51. The van der Waals surface area contributed by atoms with E-state index in [0.29, 0.717) is 0 Å². The Bertz CT molecular complexity index is 307. The van der Waals surface area contributed by atoms with Crippen molar-refractivity contribution in [3.8, 4) is 0 Å². The summed E-state index contributed by atoms with van der Waals surface area (Å²) < 4.78 is 0. The smallest absolute Gasteiger partial charge is 0.00453 e. The molecule has 0 amide bonds. The third-order valence-electron chi connectivity index (χ3n) is 4.24. The minimum atomic E-state index is 0.935. The molecule has 1 N–H and O–H groups in total. The molecule has 2 atom stereocenters. The van der Waals surface area contributed by atoms with Gasteiger partial charge in [-0.25, -0.2) is 0 Å². The van der Waals surface area contributed by atoms with Gasteiger partial charge < -0.3 is 5.32 Å². The lowest BCUT2D eigenvalue weighted by molar-refractivity contribution is 0.218. The van der Waals surface area contributed by atoms with E-state index in [-0.39, 0.29) is 0 Å². The van der Waals surface area contributed by atoms with E-state index in [1.165, 1.54) is 58.0 Å². The standard InChI is InChI=1S/C16H27NS/c1-2-11-17-13-15-7-4-3-6-14(15)9-10-16-8-5-12-18-16/h5,8,12,14-15,17H,2-4,6-7,9-11,13H2,1H3. The van der Waals surface area contributed by atoms with Crippen LogP contribution in [0.3, 0.4) is 0 Å². The molecule has 1 nitrogen and oxygen atoms in total. The Kier molecular flexibility index (Phi) is 6.22. The summed E-state index contributed by atoms with van der Waals surface area (Å²) in [6.45, 7) is 4.69. The van der Waals surface area contributed by atoms with Crippen molar-refractivity contribution in [3.05, 3.63) is 22.4 Å². The minimum Gasteiger partial charge on any atom is -0.316 e. The fourth-order valence-electron chi connectivity index (χ4n) is 3.18. The SMILES string of the molecule is CCCNCC1CCCCC1CCc1cccs1. The van der Waals surface area contributed by atoms with Crippen LogP contribution < -0.4 is 5.32 Å². The zero-order chi connectivity index (χ0) is 12.6. The first kappa shape index (κ1) is 14.1. The lowest BCUT2D eigenvalue weighted by atomic mass is 9.77. The van der Waals surface area contributed by atoms with Crippen molar-refractivity contribution in [2.75, 3.05) is 13.1 Å². The quantitative estimate of drug-likeness (QED) is 0.716. The van der Waals surface area contributed by atoms with E-state index >= 15 is 0 Å². The van der Waals surface area contributed by atoms with Crippen LogP contribution in [-0.2, 0) is 6.42 Å². The summed E-state index contributed by atoms with van der Waals surface area (Å²) in [6.07, 6.45) is 9.78. The highest BCUT2D eigenvalue weighted by Gasteiger charge is 2.24. The van der Waals surface area contributed by atoms with Gasteiger partial charge in [0.25, 0.3) is 0 Å². The molecular formula is C16H27NS. The topological polar surface area (TPSA) is 12.0 Å². The average molecular weight is 265 g/mol. The van der Waals surface area contributed by atoms with Crippen molar-refractivity contribution < 1.29 is 0 Å². The molecule has 1 aliphatic rings. The first-order valence-electron chi connectivity index (χ1n) is 7.63. The minimum absolute atomic E-state index is 0.935. The van der Waals surface area contributed by atoms with Crippen LogP contribution in [0.4, 0.5) is 0 Å². The lowest BCUT2D eigenvalue weighted by Crippen LogP contribution is -2.31. The third kappa shape index (κ3) is 4.40. The molecular weight excluding hydrogens is 238 g/mol. The van der Waals surface area contributed by atoms with Gasteiger partial charge in [0, 0.05) is 4.88 Å². The van der Waals surface area contributed by atoms with Crippen LogP contribution in [0.25, 0.3) is 0 Å². The second-order valence-electron chi connectivity index (χ2n) is 5.63. The molecule has 1 aliphatic carbocycles. The summed E-state index contributed by atoms with van der Waals surface area (Å²) in [5, 5.41) is 5.84. The largest absolute Gasteiger partial charge is 0.316 e. The summed E-state index contributed by atoms with van der Waals surface area (Å²) in [4.78, 5) is 1.57. The van der Waals surface area contributed by atoms with Crippen molar-refractivity contribution in [2.45, 2.75) is 51.9 Å². The molecule has 1 heterocycles. The van der Waals surface area contributed by atoms with Crippen molar-refractivity contribution in [2.24, 2.45) is 11.8 Å². The van der Waals surface area contributed by atoms with Crippen molar-refractivity contribution in [1.82, 2.24) is 5.32 Å². The number of aryl methyl sites for hydroxylation is 1. The predicted octanol–water partition coefficient (Wildman–Crippen LogP) is 4.49. The van der Waals surface area contributed by atoms with E-state index in [1.807, 2.05) is 11.3 Å². The van der Waals surface area contributed by atoms with Crippen LogP contribution in [0, 0.1) is 11.8 Å². The highest BCUT2D eigenvalue weighted by atomic mass is 32.1. The molecule has 2 heteroatoms. The predicted molar refractivity (Wildman–Crippen MR) is 81.2 cm³/mol. The normalized spacial score (nSPS) is 24.3. The molecule has 1 aromatic rings. The van der Waals surface area contributed by atoms with Gasteiger partial charge in [0.2, 0.25) is 0 Å². The zero-order valence-electron chi connectivity index (χ0n) is 11.7. The van der Waals surface area contributed by atoms with Gasteiger partial charge in [0.1, 0.15) is 0 Å². The van der Waals surface area contributed by atoms with Gasteiger partial charge in [-0.05, 0) is 62.1 Å². The van der Waals surface area contributed by atoms with E-state index in [2.05, 4.69) is 29.8 Å².